The molecule has 2 aliphatic heterocycles. The number of hydrogen-bond acceptors (Lipinski definition) is 5. The molecule has 2 aliphatic rings. The van der Waals surface area contributed by atoms with E-state index in [1.54, 1.807) is 30.3 Å². The van der Waals surface area contributed by atoms with Crippen molar-refractivity contribution in [3.63, 3.8) is 0 Å². The normalized spacial score (nSPS) is 19.7. The highest BCUT2D eigenvalue weighted by Gasteiger charge is 2.48. The maximum absolute atomic E-state index is 13.7. The molecule has 1 aromatic heterocycles. The topological polar surface area (TPSA) is 80.0 Å². The van der Waals surface area contributed by atoms with Crippen molar-refractivity contribution in [2.24, 2.45) is 0 Å². The van der Waals surface area contributed by atoms with Gasteiger partial charge in [0.1, 0.15) is 29.1 Å². The van der Waals surface area contributed by atoms with Crippen molar-refractivity contribution in [3.05, 3.63) is 88.1 Å². The van der Waals surface area contributed by atoms with Gasteiger partial charge >= 0.3 is 0 Å². The molecule has 3 heterocycles. The summed E-state index contributed by atoms with van der Waals surface area (Å²) in [6, 6.07) is 11.0. The van der Waals surface area contributed by atoms with Crippen molar-refractivity contribution < 1.29 is 28.2 Å². The van der Waals surface area contributed by atoms with Gasteiger partial charge in [0.15, 0.2) is 0 Å². The molecule has 3 aromatic rings. The second kappa shape index (κ2) is 7.84. The van der Waals surface area contributed by atoms with Gasteiger partial charge in [-0.15, -0.1) is 0 Å². The molecule has 1 unspecified atom stereocenters. The van der Waals surface area contributed by atoms with Crippen LogP contribution in [0, 0.1) is 5.82 Å². The van der Waals surface area contributed by atoms with E-state index in [2.05, 4.69) is 0 Å². The van der Waals surface area contributed by atoms with Crippen LogP contribution in [0.25, 0.3) is 5.76 Å². The summed E-state index contributed by atoms with van der Waals surface area (Å²) in [5.41, 5.74) is 1.38. The van der Waals surface area contributed by atoms with Crippen LogP contribution in [0.2, 0.25) is 5.02 Å². The van der Waals surface area contributed by atoms with Gasteiger partial charge in [-0.2, -0.15) is 0 Å². The molecule has 0 spiro atoms. The minimum absolute atomic E-state index is 0.123. The molecule has 0 radical (unpaired) electrons. The summed E-state index contributed by atoms with van der Waals surface area (Å²) in [4.78, 5) is 27.2. The molecular formula is C24H17ClFNO5. The molecule has 1 saturated heterocycles. The van der Waals surface area contributed by atoms with Crippen LogP contribution in [0.15, 0.2) is 64.8 Å². The van der Waals surface area contributed by atoms with E-state index in [0.717, 1.165) is 35.1 Å². The standard InChI is InChI=1S/C24H17ClFNO5/c25-16-12-15(6-7-17(16)26)27-21(19-4-2-10-32-19)20(23(29)24(27)30)22(28)14-5-8-18-13(11-14)3-1-9-31-18/h2,4-8,10-12,21,28H,1,3,9H2/b22-20-. The molecule has 1 amide bonds. The lowest BCUT2D eigenvalue weighted by molar-refractivity contribution is -0.132. The first kappa shape index (κ1) is 20.3. The average molecular weight is 454 g/mol. The molecule has 0 bridgehead atoms. The number of aliphatic hydroxyl groups excluding tert-OH is 1. The minimum Gasteiger partial charge on any atom is -0.507 e. The fourth-order valence-corrected chi connectivity index (χ4v) is 4.29. The maximum Gasteiger partial charge on any atom is 0.300 e. The Hall–Kier alpha value is -3.58. The predicted molar refractivity (Wildman–Crippen MR) is 115 cm³/mol. The number of furan rings is 1. The maximum atomic E-state index is 13.7. The van der Waals surface area contributed by atoms with Crippen LogP contribution < -0.4 is 9.64 Å². The summed E-state index contributed by atoms with van der Waals surface area (Å²) in [6.45, 7) is 0.627. The number of carbonyl (C=O) groups is 2. The number of nitrogens with zero attached hydrogens (tertiary/aromatic N) is 1. The van der Waals surface area contributed by atoms with Gasteiger partial charge in [0.25, 0.3) is 11.7 Å². The van der Waals surface area contributed by atoms with E-state index in [1.807, 2.05) is 0 Å². The molecule has 8 heteroatoms. The van der Waals surface area contributed by atoms with Gasteiger partial charge in [0.05, 0.1) is 23.5 Å². The summed E-state index contributed by atoms with van der Waals surface area (Å²) in [5, 5.41) is 11.0. The fourth-order valence-electron chi connectivity index (χ4n) is 4.11. The Balaban J connectivity index is 1.67. The van der Waals surface area contributed by atoms with Gasteiger partial charge in [0, 0.05) is 11.3 Å². The molecule has 1 atom stereocenters. The fraction of sp³-hybridized carbons (Fsp3) is 0.167. The molecule has 1 fully saturated rings. The van der Waals surface area contributed by atoms with Crippen molar-refractivity contribution in [3.8, 4) is 5.75 Å². The number of hydrogen-bond donors (Lipinski definition) is 1. The zero-order chi connectivity index (χ0) is 22.4. The smallest absolute Gasteiger partial charge is 0.300 e. The number of benzene rings is 2. The van der Waals surface area contributed by atoms with E-state index in [4.69, 9.17) is 20.8 Å². The Kier molecular flexibility index (Phi) is 4.98. The van der Waals surface area contributed by atoms with Crippen LogP contribution in [-0.4, -0.2) is 23.4 Å². The lowest BCUT2D eigenvalue weighted by atomic mass is 9.96. The second-order valence-corrected chi connectivity index (χ2v) is 7.96. The van der Waals surface area contributed by atoms with Gasteiger partial charge < -0.3 is 14.3 Å². The van der Waals surface area contributed by atoms with Crippen LogP contribution in [0.5, 0.6) is 5.75 Å². The molecule has 0 saturated carbocycles. The third kappa shape index (κ3) is 3.26. The van der Waals surface area contributed by atoms with E-state index < -0.39 is 23.5 Å². The summed E-state index contributed by atoms with van der Waals surface area (Å²) in [5.74, 6) is -1.73. The van der Waals surface area contributed by atoms with E-state index in [9.17, 15) is 19.1 Å². The Morgan fingerprint density at radius 2 is 2.00 bits per heavy atom. The lowest BCUT2D eigenvalue weighted by Gasteiger charge is -2.23. The van der Waals surface area contributed by atoms with Gasteiger partial charge in [-0.3, -0.25) is 14.5 Å². The first-order valence-electron chi connectivity index (χ1n) is 10.0. The average Bonchev–Trinajstić information content (AvgIpc) is 3.42. The van der Waals surface area contributed by atoms with Crippen molar-refractivity contribution in [1.82, 2.24) is 0 Å². The predicted octanol–water partition coefficient (Wildman–Crippen LogP) is 5.02. The molecule has 162 valence electrons. The minimum atomic E-state index is -1.04. The third-order valence-electron chi connectivity index (χ3n) is 5.62. The monoisotopic (exact) mass is 453 g/mol. The van der Waals surface area contributed by atoms with E-state index in [-0.39, 0.29) is 27.8 Å². The van der Waals surface area contributed by atoms with Crippen molar-refractivity contribution in [2.45, 2.75) is 18.9 Å². The first-order valence-corrected chi connectivity index (χ1v) is 10.4. The lowest BCUT2D eigenvalue weighted by Crippen LogP contribution is -2.29. The molecule has 32 heavy (non-hydrogen) atoms. The SMILES string of the molecule is O=C1C(=O)N(c2ccc(F)c(Cl)c2)C(c2ccco2)/C1=C(/O)c1ccc2c(c1)CCCO2. The zero-order valence-corrected chi connectivity index (χ0v) is 17.4. The van der Waals surface area contributed by atoms with Gasteiger partial charge in [-0.1, -0.05) is 11.6 Å². The number of ether oxygens (including phenoxy) is 1. The summed E-state index contributed by atoms with van der Waals surface area (Å²) in [6.07, 6.45) is 3.03. The van der Waals surface area contributed by atoms with Crippen molar-refractivity contribution in [1.29, 1.82) is 0 Å². The van der Waals surface area contributed by atoms with Crippen LogP contribution in [0.1, 0.15) is 29.3 Å². The Morgan fingerprint density at radius 3 is 2.75 bits per heavy atom. The molecule has 0 aliphatic carbocycles. The van der Waals surface area contributed by atoms with Gasteiger partial charge in [-0.25, -0.2) is 4.39 Å². The number of amides is 1. The first-order chi connectivity index (χ1) is 15.5. The number of Topliss-reactive ketones (excluding diaryl/α,β-unsaturated/α-hetero) is 1. The van der Waals surface area contributed by atoms with Crippen LogP contribution in [0.3, 0.4) is 0 Å². The van der Waals surface area contributed by atoms with Crippen molar-refractivity contribution in [2.75, 3.05) is 11.5 Å². The Bertz CT molecular complexity index is 1270. The van der Waals surface area contributed by atoms with Gasteiger partial charge in [0.2, 0.25) is 0 Å². The Labute approximate surface area is 187 Å². The molecule has 2 aromatic carbocycles. The zero-order valence-electron chi connectivity index (χ0n) is 16.7. The highest BCUT2D eigenvalue weighted by Crippen LogP contribution is 2.43. The number of aryl methyl sites for hydroxylation is 1. The number of aliphatic hydroxyl groups is 1. The Morgan fingerprint density at radius 1 is 1.16 bits per heavy atom. The number of halogens is 2. The number of rotatable bonds is 3. The summed E-state index contributed by atoms with van der Waals surface area (Å²) in [7, 11) is 0. The van der Waals surface area contributed by atoms with E-state index >= 15 is 0 Å². The van der Waals surface area contributed by atoms with Crippen LogP contribution in [-0.2, 0) is 16.0 Å². The summed E-state index contributed by atoms with van der Waals surface area (Å²) >= 11 is 5.92. The van der Waals surface area contributed by atoms with Crippen LogP contribution in [0.4, 0.5) is 10.1 Å². The van der Waals surface area contributed by atoms with E-state index in [1.165, 1.54) is 18.4 Å². The number of anilines is 1. The largest absolute Gasteiger partial charge is 0.507 e. The molecular weight excluding hydrogens is 437 g/mol. The van der Waals surface area contributed by atoms with Crippen molar-refractivity contribution >= 4 is 34.7 Å². The third-order valence-corrected chi connectivity index (χ3v) is 5.91. The number of carbonyl (C=O) groups excluding carboxylic acids is 2. The second-order valence-electron chi connectivity index (χ2n) is 7.56. The molecule has 5 rings (SSSR count). The van der Waals surface area contributed by atoms with Gasteiger partial charge in [-0.05, 0) is 66.9 Å². The summed E-state index contributed by atoms with van der Waals surface area (Å²) < 4.78 is 24.8. The quantitative estimate of drug-likeness (QED) is 0.342. The number of fused-ring (bicyclic) bond motifs is 1. The highest BCUT2D eigenvalue weighted by molar-refractivity contribution is 6.51. The van der Waals surface area contributed by atoms with Crippen LogP contribution >= 0.6 is 11.6 Å². The van der Waals surface area contributed by atoms with E-state index in [0.29, 0.717) is 12.2 Å². The molecule has 6 nitrogen and oxygen atoms in total. The highest BCUT2D eigenvalue weighted by atomic mass is 35.5. The molecule has 1 N–H and O–H groups in total. The number of ketones is 1.